The molecule has 0 spiro atoms. The fourth-order valence-corrected chi connectivity index (χ4v) is 3.11. The quantitative estimate of drug-likeness (QED) is 0.852. The molecule has 0 saturated carbocycles. The third-order valence-corrected chi connectivity index (χ3v) is 4.12. The predicted molar refractivity (Wildman–Crippen MR) is 88.5 cm³/mol. The molecule has 122 valence electrons. The van der Waals surface area contributed by atoms with Crippen LogP contribution in [0.3, 0.4) is 0 Å². The number of benzene rings is 1. The SMILES string of the molecule is CC(C)NC(=O)COC(=O)c1ccc2[nH]c3c(c2c1)CCCC3. The Kier molecular flexibility index (Phi) is 4.37. The standard InChI is InChI=1S/C18H22N2O3/c1-11(2)19-17(21)10-23-18(22)12-7-8-16-14(9-12)13-5-3-4-6-15(13)20-16/h7-9,11,20H,3-6,10H2,1-2H3,(H,19,21). The molecule has 23 heavy (non-hydrogen) atoms. The van der Waals surface area contributed by atoms with Crippen LogP contribution in [0.4, 0.5) is 0 Å². The van der Waals surface area contributed by atoms with Gasteiger partial charge in [-0.2, -0.15) is 0 Å². The Balaban J connectivity index is 1.75. The number of amides is 1. The van der Waals surface area contributed by atoms with Gasteiger partial charge < -0.3 is 15.0 Å². The van der Waals surface area contributed by atoms with Gasteiger partial charge in [-0.15, -0.1) is 0 Å². The number of rotatable bonds is 4. The summed E-state index contributed by atoms with van der Waals surface area (Å²) in [6.07, 6.45) is 4.51. The van der Waals surface area contributed by atoms with Crippen molar-refractivity contribution < 1.29 is 14.3 Å². The number of H-pyrrole nitrogens is 1. The second-order valence-electron chi connectivity index (χ2n) is 6.35. The molecule has 1 aromatic carbocycles. The maximum Gasteiger partial charge on any atom is 0.338 e. The summed E-state index contributed by atoms with van der Waals surface area (Å²) in [6, 6.07) is 5.56. The molecule has 2 aromatic rings. The van der Waals surface area contributed by atoms with E-state index in [1.807, 2.05) is 26.0 Å². The Morgan fingerprint density at radius 1 is 1.26 bits per heavy atom. The molecule has 0 bridgehead atoms. The molecular weight excluding hydrogens is 292 g/mol. The van der Waals surface area contributed by atoms with Gasteiger partial charge in [0.25, 0.3) is 5.91 Å². The fraction of sp³-hybridized carbons (Fsp3) is 0.444. The van der Waals surface area contributed by atoms with Gasteiger partial charge >= 0.3 is 5.97 Å². The number of hydrogen-bond donors (Lipinski definition) is 2. The molecule has 5 heteroatoms. The minimum Gasteiger partial charge on any atom is -0.452 e. The Hall–Kier alpha value is -2.30. The largest absolute Gasteiger partial charge is 0.452 e. The second-order valence-corrected chi connectivity index (χ2v) is 6.35. The number of aryl methyl sites for hydroxylation is 2. The maximum atomic E-state index is 12.2. The van der Waals surface area contributed by atoms with Crippen molar-refractivity contribution in [1.82, 2.24) is 10.3 Å². The summed E-state index contributed by atoms with van der Waals surface area (Å²) in [7, 11) is 0. The third-order valence-electron chi connectivity index (χ3n) is 4.12. The van der Waals surface area contributed by atoms with Crippen LogP contribution in [0.15, 0.2) is 18.2 Å². The molecule has 1 amide bonds. The number of fused-ring (bicyclic) bond motifs is 3. The van der Waals surface area contributed by atoms with Gasteiger partial charge in [0.15, 0.2) is 6.61 Å². The number of nitrogens with one attached hydrogen (secondary N) is 2. The highest BCUT2D eigenvalue weighted by atomic mass is 16.5. The van der Waals surface area contributed by atoms with Crippen LogP contribution >= 0.6 is 0 Å². The number of carbonyl (C=O) groups excluding carboxylic acids is 2. The van der Waals surface area contributed by atoms with Crippen molar-refractivity contribution in [2.24, 2.45) is 0 Å². The summed E-state index contributed by atoms with van der Waals surface area (Å²) in [5.74, 6) is -0.745. The van der Waals surface area contributed by atoms with Gasteiger partial charge in [0.05, 0.1) is 5.56 Å². The van der Waals surface area contributed by atoms with Gasteiger partial charge in [-0.1, -0.05) is 0 Å². The zero-order valence-electron chi connectivity index (χ0n) is 13.6. The first-order valence-electron chi connectivity index (χ1n) is 8.14. The van der Waals surface area contributed by atoms with Crippen LogP contribution in [0.2, 0.25) is 0 Å². The van der Waals surface area contributed by atoms with Gasteiger partial charge in [-0.25, -0.2) is 4.79 Å². The first-order valence-corrected chi connectivity index (χ1v) is 8.14. The van der Waals surface area contributed by atoms with Crippen molar-refractivity contribution >= 4 is 22.8 Å². The van der Waals surface area contributed by atoms with E-state index in [9.17, 15) is 9.59 Å². The number of hydrogen-bond acceptors (Lipinski definition) is 3. The van der Waals surface area contributed by atoms with Crippen LogP contribution < -0.4 is 5.32 Å². The van der Waals surface area contributed by atoms with Gasteiger partial charge in [0.1, 0.15) is 0 Å². The molecule has 1 aliphatic rings. The Bertz CT molecular complexity index is 746. The van der Waals surface area contributed by atoms with E-state index in [1.165, 1.54) is 24.1 Å². The molecule has 0 saturated heterocycles. The molecule has 0 atom stereocenters. The number of carbonyl (C=O) groups is 2. The molecular formula is C18H22N2O3. The topological polar surface area (TPSA) is 71.2 Å². The van der Waals surface area contributed by atoms with Crippen LogP contribution in [0.5, 0.6) is 0 Å². The molecule has 2 N–H and O–H groups in total. The van der Waals surface area contributed by atoms with Gasteiger partial charge in [-0.05, 0) is 63.3 Å². The zero-order valence-corrected chi connectivity index (χ0v) is 13.6. The first kappa shape index (κ1) is 15.6. The lowest BCUT2D eigenvalue weighted by molar-refractivity contribution is -0.124. The second kappa shape index (κ2) is 6.44. The number of aromatic amines is 1. The summed E-state index contributed by atoms with van der Waals surface area (Å²) in [4.78, 5) is 27.2. The fourth-order valence-electron chi connectivity index (χ4n) is 3.11. The summed E-state index contributed by atoms with van der Waals surface area (Å²) >= 11 is 0. The molecule has 0 fully saturated rings. The third kappa shape index (κ3) is 3.38. The molecule has 1 aliphatic carbocycles. The maximum absolute atomic E-state index is 12.2. The summed E-state index contributed by atoms with van der Waals surface area (Å²) in [6.45, 7) is 3.48. The molecule has 5 nitrogen and oxygen atoms in total. The Morgan fingerprint density at radius 3 is 2.83 bits per heavy atom. The predicted octanol–water partition coefficient (Wildman–Crippen LogP) is 2.73. The lowest BCUT2D eigenvalue weighted by atomic mass is 9.95. The van der Waals surface area contributed by atoms with E-state index in [2.05, 4.69) is 10.3 Å². The average molecular weight is 314 g/mol. The van der Waals surface area contributed by atoms with Crippen LogP contribution in [0, 0.1) is 0 Å². The summed E-state index contributed by atoms with van der Waals surface area (Å²) < 4.78 is 5.10. The molecule has 3 rings (SSSR count). The first-order chi connectivity index (χ1) is 11.0. The zero-order chi connectivity index (χ0) is 16.4. The van der Waals surface area contributed by atoms with E-state index in [0.29, 0.717) is 5.56 Å². The van der Waals surface area contributed by atoms with Gasteiger partial charge in [0, 0.05) is 22.6 Å². The Morgan fingerprint density at radius 2 is 2.04 bits per heavy atom. The van der Waals surface area contributed by atoms with Crippen LogP contribution in [-0.4, -0.2) is 29.5 Å². The van der Waals surface area contributed by atoms with Gasteiger partial charge in [-0.3, -0.25) is 4.79 Å². The number of ether oxygens (including phenoxy) is 1. The van der Waals surface area contributed by atoms with Crippen LogP contribution in [0.1, 0.15) is 48.3 Å². The van der Waals surface area contributed by atoms with Crippen molar-refractivity contribution in [3.05, 3.63) is 35.0 Å². The minimum atomic E-state index is -0.462. The lowest BCUT2D eigenvalue weighted by Gasteiger charge is -2.11. The molecule has 1 aromatic heterocycles. The van der Waals surface area contributed by atoms with Gasteiger partial charge in [0.2, 0.25) is 0 Å². The minimum absolute atomic E-state index is 0.0314. The van der Waals surface area contributed by atoms with E-state index < -0.39 is 5.97 Å². The number of aromatic nitrogens is 1. The van der Waals surface area contributed by atoms with Crippen molar-refractivity contribution in [3.8, 4) is 0 Å². The highest BCUT2D eigenvalue weighted by Gasteiger charge is 2.17. The van der Waals surface area contributed by atoms with E-state index in [4.69, 9.17) is 4.74 Å². The van der Waals surface area contributed by atoms with Crippen molar-refractivity contribution in [1.29, 1.82) is 0 Å². The Labute approximate surface area is 135 Å². The van der Waals surface area contributed by atoms with E-state index >= 15 is 0 Å². The van der Waals surface area contributed by atoms with E-state index in [-0.39, 0.29) is 18.6 Å². The van der Waals surface area contributed by atoms with Crippen molar-refractivity contribution in [2.75, 3.05) is 6.61 Å². The van der Waals surface area contributed by atoms with Crippen LogP contribution in [-0.2, 0) is 22.4 Å². The molecule has 0 unspecified atom stereocenters. The molecule has 0 radical (unpaired) electrons. The number of esters is 1. The summed E-state index contributed by atoms with van der Waals surface area (Å²) in [5, 5.41) is 3.79. The van der Waals surface area contributed by atoms with Crippen molar-refractivity contribution in [3.63, 3.8) is 0 Å². The normalized spacial score (nSPS) is 13.9. The van der Waals surface area contributed by atoms with Crippen LogP contribution in [0.25, 0.3) is 10.9 Å². The highest BCUT2D eigenvalue weighted by Crippen LogP contribution is 2.29. The lowest BCUT2D eigenvalue weighted by Crippen LogP contribution is -2.33. The van der Waals surface area contributed by atoms with E-state index in [0.717, 1.165) is 23.7 Å². The molecule has 1 heterocycles. The monoisotopic (exact) mass is 314 g/mol. The smallest absolute Gasteiger partial charge is 0.338 e. The summed E-state index contributed by atoms with van der Waals surface area (Å²) in [5.41, 5.74) is 4.15. The van der Waals surface area contributed by atoms with Crippen molar-refractivity contribution in [2.45, 2.75) is 45.6 Å². The van der Waals surface area contributed by atoms with E-state index in [1.54, 1.807) is 6.07 Å². The average Bonchev–Trinajstić information content (AvgIpc) is 2.89. The highest BCUT2D eigenvalue weighted by molar-refractivity contribution is 5.97. The molecule has 0 aliphatic heterocycles.